The second-order valence-electron chi connectivity index (χ2n) is 4.89. The third-order valence-electron chi connectivity index (χ3n) is 3.29. The van der Waals surface area contributed by atoms with E-state index in [0.717, 1.165) is 18.2 Å². The SMILES string of the molecule is CN(Cc1ccc(C(N)=O)cc1[N+](=O)[O-])c1c(F)cccc1F. The Kier molecular flexibility index (Phi) is 4.54. The zero-order chi connectivity index (χ0) is 17.1. The molecular formula is C15H13F2N3O3. The van der Waals surface area contributed by atoms with Gasteiger partial charge in [0.05, 0.1) is 4.92 Å². The zero-order valence-corrected chi connectivity index (χ0v) is 12.1. The minimum atomic E-state index is -0.798. The first-order valence-corrected chi connectivity index (χ1v) is 6.53. The number of carbonyl (C=O) groups is 1. The summed E-state index contributed by atoms with van der Waals surface area (Å²) in [4.78, 5) is 22.8. The molecule has 23 heavy (non-hydrogen) atoms. The standard InChI is InChI=1S/C15H13F2N3O3/c1-19(14-11(16)3-2-4-12(14)17)8-10-6-5-9(15(18)21)7-13(10)20(22)23/h2-7H,8H2,1H3,(H2,18,21). The van der Waals surface area contributed by atoms with E-state index in [2.05, 4.69) is 0 Å². The van der Waals surface area contributed by atoms with Crippen LogP contribution >= 0.6 is 0 Å². The maximum Gasteiger partial charge on any atom is 0.275 e. The lowest BCUT2D eigenvalue weighted by molar-refractivity contribution is -0.385. The number of carbonyl (C=O) groups excluding carboxylic acids is 1. The van der Waals surface area contributed by atoms with E-state index in [9.17, 15) is 23.7 Å². The summed E-state index contributed by atoms with van der Waals surface area (Å²) in [6.45, 7) is -0.118. The van der Waals surface area contributed by atoms with E-state index in [1.54, 1.807) is 0 Å². The van der Waals surface area contributed by atoms with Crippen LogP contribution in [0.1, 0.15) is 15.9 Å². The highest BCUT2D eigenvalue weighted by Gasteiger charge is 2.20. The van der Waals surface area contributed by atoms with E-state index in [4.69, 9.17) is 5.73 Å². The fourth-order valence-electron chi connectivity index (χ4n) is 2.21. The predicted octanol–water partition coefficient (Wildman–Crippen LogP) is 2.61. The van der Waals surface area contributed by atoms with Gasteiger partial charge in [-0.2, -0.15) is 0 Å². The molecule has 0 spiro atoms. The Labute approximate surface area is 130 Å². The molecule has 0 radical (unpaired) electrons. The summed E-state index contributed by atoms with van der Waals surface area (Å²) in [5.74, 6) is -2.35. The van der Waals surface area contributed by atoms with E-state index >= 15 is 0 Å². The van der Waals surface area contributed by atoms with Gasteiger partial charge in [0.2, 0.25) is 5.91 Å². The van der Waals surface area contributed by atoms with Gasteiger partial charge < -0.3 is 10.6 Å². The number of halogens is 2. The summed E-state index contributed by atoms with van der Waals surface area (Å²) >= 11 is 0. The molecule has 0 aromatic heterocycles. The van der Waals surface area contributed by atoms with E-state index in [1.807, 2.05) is 0 Å². The Morgan fingerprint density at radius 1 is 1.26 bits per heavy atom. The summed E-state index contributed by atoms with van der Waals surface area (Å²) in [6.07, 6.45) is 0. The number of hydrogen-bond acceptors (Lipinski definition) is 4. The number of para-hydroxylation sites is 1. The zero-order valence-electron chi connectivity index (χ0n) is 12.1. The van der Waals surface area contributed by atoms with Gasteiger partial charge in [-0.1, -0.05) is 6.07 Å². The largest absolute Gasteiger partial charge is 0.366 e. The number of nitro benzene ring substituents is 1. The fraction of sp³-hybridized carbons (Fsp3) is 0.133. The molecule has 0 saturated carbocycles. The molecule has 120 valence electrons. The number of nitrogens with two attached hydrogens (primary N) is 1. The summed E-state index contributed by atoms with van der Waals surface area (Å²) in [7, 11) is 1.41. The molecule has 2 rings (SSSR count). The monoisotopic (exact) mass is 321 g/mol. The number of amides is 1. The van der Waals surface area contributed by atoms with Crippen molar-refractivity contribution in [2.75, 3.05) is 11.9 Å². The normalized spacial score (nSPS) is 10.4. The minimum Gasteiger partial charge on any atom is -0.366 e. The molecular weight excluding hydrogens is 308 g/mol. The lowest BCUT2D eigenvalue weighted by Gasteiger charge is -2.20. The summed E-state index contributed by atoms with van der Waals surface area (Å²) in [5.41, 5.74) is 4.65. The quantitative estimate of drug-likeness (QED) is 0.677. The second kappa shape index (κ2) is 6.39. The molecule has 2 N–H and O–H groups in total. The molecule has 1 amide bonds. The number of hydrogen-bond donors (Lipinski definition) is 1. The van der Waals surface area contributed by atoms with Crippen molar-refractivity contribution in [3.63, 3.8) is 0 Å². The van der Waals surface area contributed by atoms with Crippen molar-refractivity contribution in [3.8, 4) is 0 Å². The summed E-state index contributed by atoms with van der Waals surface area (Å²) in [6, 6.07) is 7.14. The van der Waals surface area contributed by atoms with Crippen molar-refractivity contribution in [2.24, 2.45) is 5.73 Å². The average Bonchev–Trinajstić information content (AvgIpc) is 2.46. The highest BCUT2D eigenvalue weighted by Crippen LogP contribution is 2.27. The Hall–Kier alpha value is -3.03. The summed E-state index contributed by atoms with van der Waals surface area (Å²) in [5, 5.41) is 11.1. The van der Waals surface area contributed by atoms with Crippen molar-refractivity contribution in [1.29, 1.82) is 0 Å². The highest BCUT2D eigenvalue weighted by molar-refractivity contribution is 5.93. The van der Waals surface area contributed by atoms with Crippen LogP contribution in [-0.4, -0.2) is 17.9 Å². The number of primary amides is 1. The Balaban J connectivity index is 2.39. The molecule has 0 atom stereocenters. The van der Waals surface area contributed by atoms with Gasteiger partial charge in [0.15, 0.2) is 0 Å². The number of nitro groups is 1. The first-order valence-electron chi connectivity index (χ1n) is 6.53. The van der Waals surface area contributed by atoms with Crippen molar-refractivity contribution >= 4 is 17.3 Å². The van der Waals surface area contributed by atoms with Gasteiger partial charge in [-0.15, -0.1) is 0 Å². The van der Waals surface area contributed by atoms with E-state index in [1.165, 1.54) is 30.1 Å². The summed E-state index contributed by atoms with van der Waals surface area (Å²) < 4.78 is 27.5. The van der Waals surface area contributed by atoms with Gasteiger partial charge in [0.1, 0.15) is 17.3 Å². The van der Waals surface area contributed by atoms with Gasteiger partial charge in [0.25, 0.3) is 5.69 Å². The van der Waals surface area contributed by atoms with Crippen LogP contribution in [0, 0.1) is 21.7 Å². The molecule has 0 aliphatic heterocycles. The van der Waals surface area contributed by atoms with Crippen LogP contribution in [0.2, 0.25) is 0 Å². The molecule has 0 unspecified atom stereocenters. The van der Waals surface area contributed by atoms with Crippen LogP contribution in [0.15, 0.2) is 36.4 Å². The Bertz CT molecular complexity index is 760. The van der Waals surface area contributed by atoms with E-state index in [0.29, 0.717) is 0 Å². The number of rotatable bonds is 5. The number of benzene rings is 2. The molecule has 0 heterocycles. The third kappa shape index (κ3) is 3.42. The van der Waals surface area contributed by atoms with E-state index < -0.39 is 22.5 Å². The molecule has 0 fully saturated rings. The smallest absolute Gasteiger partial charge is 0.275 e. The maximum absolute atomic E-state index is 13.8. The third-order valence-corrected chi connectivity index (χ3v) is 3.29. The van der Waals surface area contributed by atoms with Crippen molar-refractivity contribution in [2.45, 2.75) is 6.54 Å². The van der Waals surface area contributed by atoms with Gasteiger partial charge in [-0.05, 0) is 24.3 Å². The van der Waals surface area contributed by atoms with Crippen LogP contribution in [0.5, 0.6) is 0 Å². The lowest BCUT2D eigenvalue weighted by atomic mass is 10.1. The first-order chi connectivity index (χ1) is 10.8. The average molecular weight is 321 g/mol. The van der Waals surface area contributed by atoms with Crippen molar-refractivity contribution < 1.29 is 18.5 Å². The van der Waals surface area contributed by atoms with Crippen molar-refractivity contribution in [3.05, 3.63) is 69.3 Å². The van der Waals surface area contributed by atoms with Crippen LogP contribution in [-0.2, 0) is 6.54 Å². The molecule has 0 aliphatic rings. The van der Waals surface area contributed by atoms with Crippen molar-refractivity contribution in [1.82, 2.24) is 0 Å². The molecule has 2 aromatic carbocycles. The molecule has 6 nitrogen and oxygen atoms in total. The topological polar surface area (TPSA) is 89.5 Å². The van der Waals surface area contributed by atoms with Crippen LogP contribution in [0.4, 0.5) is 20.2 Å². The van der Waals surface area contributed by atoms with Crippen LogP contribution < -0.4 is 10.6 Å². The molecule has 0 aliphatic carbocycles. The fourth-order valence-corrected chi connectivity index (χ4v) is 2.21. The second-order valence-corrected chi connectivity index (χ2v) is 4.89. The number of anilines is 1. The van der Waals surface area contributed by atoms with Gasteiger partial charge in [0, 0.05) is 30.8 Å². The van der Waals surface area contributed by atoms with Gasteiger partial charge >= 0.3 is 0 Å². The Morgan fingerprint density at radius 2 is 1.87 bits per heavy atom. The predicted molar refractivity (Wildman–Crippen MR) is 80.1 cm³/mol. The molecule has 0 bridgehead atoms. The van der Waals surface area contributed by atoms with Gasteiger partial charge in [-0.3, -0.25) is 14.9 Å². The first kappa shape index (κ1) is 16.3. The van der Waals surface area contributed by atoms with Gasteiger partial charge in [-0.25, -0.2) is 8.78 Å². The number of nitrogens with zero attached hydrogens (tertiary/aromatic N) is 2. The molecule has 8 heteroatoms. The molecule has 0 saturated heterocycles. The highest BCUT2D eigenvalue weighted by atomic mass is 19.1. The minimum absolute atomic E-state index is 0.0137. The van der Waals surface area contributed by atoms with Crippen LogP contribution in [0.25, 0.3) is 0 Å². The van der Waals surface area contributed by atoms with E-state index in [-0.39, 0.29) is 29.0 Å². The maximum atomic E-state index is 13.8. The van der Waals surface area contributed by atoms with Crippen LogP contribution in [0.3, 0.4) is 0 Å². The Morgan fingerprint density at radius 3 is 2.39 bits per heavy atom. The molecule has 2 aromatic rings. The lowest BCUT2D eigenvalue weighted by Crippen LogP contribution is -2.20.